The minimum absolute atomic E-state index is 0.141. The fourth-order valence-electron chi connectivity index (χ4n) is 2.29. The highest BCUT2D eigenvalue weighted by molar-refractivity contribution is 5.89. The molecule has 0 spiro atoms. The molecule has 0 saturated carbocycles. The van der Waals surface area contributed by atoms with Crippen molar-refractivity contribution in [1.29, 1.82) is 0 Å². The average molecular weight is 340 g/mol. The minimum atomic E-state index is -0.311. The number of aryl methyl sites for hydroxylation is 2. The molecule has 0 aliphatic carbocycles. The van der Waals surface area contributed by atoms with Crippen LogP contribution in [0, 0.1) is 12.7 Å². The third kappa shape index (κ3) is 4.91. The van der Waals surface area contributed by atoms with Gasteiger partial charge in [-0.05, 0) is 55.3 Å². The molecular weight excluding hydrogens is 323 g/mol. The zero-order valence-corrected chi connectivity index (χ0v) is 13.7. The number of nitrogens with zero attached hydrogens (tertiary/aromatic N) is 1. The van der Waals surface area contributed by atoms with Gasteiger partial charge < -0.3 is 14.6 Å². The standard InChI is InChI=1S/C19H17FN2O3/c1-13-11-18(22-25-13)21-19(23)10-5-14-3-2-4-17(12-14)24-16-8-6-15(20)7-9-16/h2-4,6-9,11-12H,5,10H2,1H3,(H,21,22,23). The third-order valence-corrected chi connectivity index (χ3v) is 3.48. The minimum Gasteiger partial charge on any atom is -0.457 e. The first kappa shape index (κ1) is 16.7. The van der Waals surface area contributed by atoms with Crippen LogP contribution in [0.1, 0.15) is 17.7 Å². The highest BCUT2D eigenvalue weighted by Gasteiger charge is 2.07. The summed E-state index contributed by atoms with van der Waals surface area (Å²) in [5, 5.41) is 6.41. The van der Waals surface area contributed by atoms with Gasteiger partial charge in [0, 0.05) is 12.5 Å². The summed E-state index contributed by atoms with van der Waals surface area (Å²) >= 11 is 0. The van der Waals surface area contributed by atoms with E-state index in [4.69, 9.17) is 9.26 Å². The van der Waals surface area contributed by atoms with Crippen molar-refractivity contribution in [3.8, 4) is 11.5 Å². The fourth-order valence-corrected chi connectivity index (χ4v) is 2.29. The summed E-state index contributed by atoms with van der Waals surface area (Å²) in [6, 6.07) is 14.9. The molecule has 0 fully saturated rings. The Morgan fingerprint density at radius 2 is 1.96 bits per heavy atom. The van der Waals surface area contributed by atoms with Crippen molar-refractivity contribution in [1.82, 2.24) is 5.16 Å². The van der Waals surface area contributed by atoms with E-state index in [1.54, 1.807) is 25.1 Å². The van der Waals surface area contributed by atoms with E-state index < -0.39 is 0 Å². The molecule has 0 saturated heterocycles. The molecule has 1 amide bonds. The van der Waals surface area contributed by atoms with Gasteiger partial charge in [-0.15, -0.1) is 0 Å². The van der Waals surface area contributed by atoms with Gasteiger partial charge in [0.25, 0.3) is 0 Å². The molecule has 0 radical (unpaired) electrons. The van der Waals surface area contributed by atoms with Crippen LogP contribution in [0.25, 0.3) is 0 Å². The molecule has 25 heavy (non-hydrogen) atoms. The Kier molecular flexibility index (Phi) is 5.09. The molecule has 0 atom stereocenters. The zero-order valence-electron chi connectivity index (χ0n) is 13.7. The number of hydrogen-bond donors (Lipinski definition) is 1. The van der Waals surface area contributed by atoms with E-state index in [0.717, 1.165) is 5.56 Å². The van der Waals surface area contributed by atoms with Crippen molar-refractivity contribution in [3.05, 3.63) is 71.7 Å². The van der Waals surface area contributed by atoms with Crippen molar-refractivity contribution in [2.45, 2.75) is 19.8 Å². The summed E-state index contributed by atoms with van der Waals surface area (Å²) in [6.45, 7) is 1.76. The molecule has 0 aliphatic heterocycles. The maximum Gasteiger partial charge on any atom is 0.225 e. The zero-order chi connectivity index (χ0) is 17.6. The molecule has 128 valence electrons. The first-order valence-corrected chi connectivity index (χ1v) is 7.84. The first-order chi connectivity index (χ1) is 12.1. The Hall–Kier alpha value is -3.15. The second-order valence-electron chi connectivity index (χ2n) is 5.57. The normalized spacial score (nSPS) is 10.5. The van der Waals surface area contributed by atoms with Gasteiger partial charge in [0.2, 0.25) is 5.91 Å². The molecule has 1 heterocycles. The predicted octanol–water partition coefficient (Wildman–Crippen LogP) is 4.49. The highest BCUT2D eigenvalue weighted by Crippen LogP contribution is 2.23. The molecule has 3 rings (SSSR count). The number of nitrogens with one attached hydrogen (secondary N) is 1. The highest BCUT2D eigenvalue weighted by atomic mass is 19.1. The molecule has 1 aromatic heterocycles. The lowest BCUT2D eigenvalue weighted by Gasteiger charge is -2.08. The summed E-state index contributed by atoms with van der Waals surface area (Å²) in [4.78, 5) is 11.9. The van der Waals surface area contributed by atoms with E-state index in [0.29, 0.717) is 35.9 Å². The van der Waals surface area contributed by atoms with Gasteiger partial charge in [0.1, 0.15) is 23.1 Å². The Labute approximate surface area is 144 Å². The maximum atomic E-state index is 12.9. The summed E-state index contributed by atoms with van der Waals surface area (Å²) in [5.41, 5.74) is 0.964. The van der Waals surface area contributed by atoms with Crippen molar-refractivity contribution in [3.63, 3.8) is 0 Å². The Morgan fingerprint density at radius 1 is 1.16 bits per heavy atom. The Balaban J connectivity index is 1.56. The van der Waals surface area contributed by atoms with Gasteiger partial charge >= 0.3 is 0 Å². The van der Waals surface area contributed by atoms with E-state index in [-0.39, 0.29) is 11.7 Å². The van der Waals surface area contributed by atoms with Crippen LogP contribution >= 0.6 is 0 Å². The number of benzene rings is 2. The Bertz CT molecular complexity index is 859. The number of aromatic nitrogens is 1. The average Bonchev–Trinajstić information content (AvgIpc) is 3.00. The van der Waals surface area contributed by atoms with Crippen LogP contribution in [0.5, 0.6) is 11.5 Å². The Morgan fingerprint density at radius 3 is 2.68 bits per heavy atom. The number of ether oxygens (including phenoxy) is 1. The lowest BCUT2D eigenvalue weighted by atomic mass is 10.1. The topological polar surface area (TPSA) is 64.4 Å². The molecular formula is C19H17FN2O3. The number of hydrogen-bond acceptors (Lipinski definition) is 4. The van der Waals surface area contributed by atoms with Gasteiger partial charge in [-0.2, -0.15) is 0 Å². The molecule has 1 N–H and O–H groups in total. The number of carbonyl (C=O) groups is 1. The van der Waals surface area contributed by atoms with Crippen LogP contribution in [-0.2, 0) is 11.2 Å². The van der Waals surface area contributed by atoms with Gasteiger partial charge in [-0.25, -0.2) is 4.39 Å². The number of anilines is 1. The van der Waals surface area contributed by atoms with Gasteiger partial charge in [0.05, 0.1) is 0 Å². The van der Waals surface area contributed by atoms with Crippen LogP contribution < -0.4 is 10.1 Å². The summed E-state index contributed by atoms with van der Waals surface area (Å²) < 4.78 is 23.5. The monoisotopic (exact) mass is 340 g/mol. The van der Waals surface area contributed by atoms with Crippen molar-refractivity contribution in [2.24, 2.45) is 0 Å². The smallest absolute Gasteiger partial charge is 0.225 e. The SMILES string of the molecule is Cc1cc(NC(=O)CCc2cccc(Oc3ccc(F)cc3)c2)no1. The van der Waals surface area contributed by atoms with Gasteiger partial charge in [0.15, 0.2) is 5.82 Å². The first-order valence-electron chi connectivity index (χ1n) is 7.84. The number of carbonyl (C=O) groups excluding carboxylic acids is 1. The largest absolute Gasteiger partial charge is 0.457 e. The van der Waals surface area contributed by atoms with Crippen LogP contribution in [-0.4, -0.2) is 11.1 Å². The fraction of sp³-hybridized carbons (Fsp3) is 0.158. The van der Waals surface area contributed by atoms with Crippen LogP contribution in [0.3, 0.4) is 0 Å². The summed E-state index contributed by atoms with van der Waals surface area (Å²) in [7, 11) is 0. The van der Waals surface area contributed by atoms with E-state index in [1.807, 2.05) is 24.3 Å². The molecule has 3 aromatic rings. The predicted molar refractivity (Wildman–Crippen MR) is 91.1 cm³/mol. The van der Waals surface area contributed by atoms with Crippen molar-refractivity contribution >= 4 is 11.7 Å². The summed E-state index contributed by atoms with van der Waals surface area (Å²) in [6.07, 6.45) is 0.870. The number of halogens is 1. The van der Waals surface area contributed by atoms with Gasteiger partial charge in [-0.1, -0.05) is 17.3 Å². The molecule has 0 bridgehead atoms. The maximum absolute atomic E-state index is 12.9. The van der Waals surface area contributed by atoms with E-state index in [2.05, 4.69) is 10.5 Å². The second-order valence-corrected chi connectivity index (χ2v) is 5.57. The van der Waals surface area contributed by atoms with E-state index in [1.165, 1.54) is 12.1 Å². The quantitative estimate of drug-likeness (QED) is 0.718. The van der Waals surface area contributed by atoms with Crippen LogP contribution in [0.4, 0.5) is 10.2 Å². The third-order valence-electron chi connectivity index (χ3n) is 3.48. The van der Waals surface area contributed by atoms with Gasteiger partial charge in [-0.3, -0.25) is 4.79 Å². The molecule has 6 heteroatoms. The molecule has 2 aromatic carbocycles. The molecule has 5 nitrogen and oxygen atoms in total. The van der Waals surface area contributed by atoms with Crippen LogP contribution in [0.15, 0.2) is 59.1 Å². The van der Waals surface area contributed by atoms with Crippen molar-refractivity contribution < 1.29 is 18.4 Å². The lowest BCUT2D eigenvalue weighted by molar-refractivity contribution is -0.116. The second kappa shape index (κ2) is 7.61. The van der Waals surface area contributed by atoms with E-state index >= 15 is 0 Å². The van der Waals surface area contributed by atoms with Crippen LogP contribution in [0.2, 0.25) is 0 Å². The number of rotatable bonds is 6. The molecule has 0 aliphatic rings. The lowest BCUT2D eigenvalue weighted by Crippen LogP contribution is -2.12. The van der Waals surface area contributed by atoms with E-state index in [9.17, 15) is 9.18 Å². The number of amides is 1. The summed E-state index contributed by atoms with van der Waals surface area (Å²) in [5.74, 6) is 1.79. The molecule has 0 unspecified atom stereocenters. The van der Waals surface area contributed by atoms with Crippen molar-refractivity contribution in [2.75, 3.05) is 5.32 Å².